The minimum absolute atomic E-state index is 0.0194. The summed E-state index contributed by atoms with van der Waals surface area (Å²) in [7, 11) is 0. The van der Waals surface area contributed by atoms with E-state index in [4.69, 9.17) is 0 Å². The number of nitro benzene ring substituents is 2. The van der Waals surface area contributed by atoms with Gasteiger partial charge in [0.2, 0.25) is 5.91 Å². The van der Waals surface area contributed by atoms with Crippen LogP contribution in [0.2, 0.25) is 0 Å². The number of non-ortho nitro benzene ring substituents is 2. The molecule has 0 saturated carbocycles. The highest BCUT2D eigenvalue weighted by atomic mass is 32.2. The lowest BCUT2D eigenvalue weighted by atomic mass is 10.2. The molecule has 11 nitrogen and oxygen atoms in total. The molecular weight excluding hydrogens is 424 g/mol. The third kappa shape index (κ3) is 5.04. The van der Waals surface area contributed by atoms with Gasteiger partial charge in [-0.1, -0.05) is 17.8 Å². The SMILES string of the molecule is CCn1c(SCC(=O)Nc2cc([N+](=O)[O-])ccc2C)nnc1-c1ccc([N+](=O)[O-])cc1. The smallest absolute Gasteiger partial charge is 0.271 e. The Morgan fingerprint density at radius 3 is 2.32 bits per heavy atom. The van der Waals surface area contributed by atoms with E-state index < -0.39 is 9.85 Å². The topological polar surface area (TPSA) is 146 Å². The lowest BCUT2D eigenvalue weighted by Gasteiger charge is -2.09. The Labute approximate surface area is 180 Å². The molecule has 12 heteroatoms. The number of rotatable bonds is 8. The van der Waals surface area contributed by atoms with E-state index >= 15 is 0 Å². The number of amides is 1. The molecule has 0 radical (unpaired) electrons. The van der Waals surface area contributed by atoms with Crippen molar-refractivity contribution in [3.05, 3.63) is 68.3 Å². The predicted octanol–water partition coefficient (Wildman–Crippen LogP) is 3.82. The highest BCUT2D eigenvalue weighted by Gasteiger charge is 2.17. The highest BCUT2D eigenvalue weighted by molar-refractivity contribution is 7.99. The minimum atomic E-state index is -0.521. The van der Waals surface area contributed by atoms with Gasteiger partial charge in [-0.05, 0) is 31.5 Å². The lowest BCUT2D eigenvalue weighted by Crippen LogP contribution is -2.15. The largest absolute Gasteiger partial charge is 0.325 e. The van der Waals surface area contributed by atoms with E-state index in [1.54, 1.807) is 29.7 Å². The van der Waals surface area contributed by atoms with Crippen LogP contribution in [0.15, 0.2) is 47.6 Å². The predicted molar refractivity (Wildman–Crippen MR) is 115 cm³/mol. The fourth-order valence-corrected chi connectivity index (χ4v) is 3.60. The summed E-state index contributed by atoms with van der Waals surface area (Å²) in [6, 6.07) is 10.3. The molecule has 1 N–H and O–H groups in total. The van der Waals surface area contributed by atoms with E-state index in [1.165, 1.54) is 36.0 Å². The summed E-state index contributed by atoms with van der Waals surface area (Å²) in [5.41, 5.74) is 1.63. The molecule has 0 bridgehead atoms. The molecule has 1 heterocycles. The van der Waals surface area contributed by atoms with Crippen LogP contribution in [0, 0.1) is 27.2 Å². The Morgan fingerprint density at radius 2 is 1.71 bits per heavy atom. The van der Waals surface area contributed by atoms with Gasteiger partial charge in [0.25, 0.3) is 11.4 Å². The van der Waals surface area contributed by atoms with Crippen LogP contribution in [0.4, 0.5) is 17.1 Å². The number of anilines is 1. The summed E-state index contributed by atoms with van der Waals surface area (Å²) >= 11 is 1.17. The summed E-state index contributed by atoms with van der Waals surface area (Å²) in [5.74, 6) is 0.228. The first-order chi connectivity index (χ1) is 14.8. The average molecular weight is 442 g/mol. The van der Waals surface area contributed by atoms with Gasteiger partial charge in [-0.15, -0.1) is 10.2 Å². The Morgan fingerprint density at radius 1 is 1.06 bits per heavy atom. The van der Waals surface area contributed by atoms with Crippen molar-refractivity contribution < 1.29 is 14.6 Å². The van der Waals surface area contributed by atoms with Crippen LogP contribution in [0.3, 0.4) is 0 Å². The Hall–Kier alpha value is -3.80. The minimum Gasteiger partial charge on any atom is -0.325 e. The molecule has 1 amide bonds. The molecule has 0 aliphatic rings. The molecule has 0 atom stereocenters. The second-order valence-electron chi connectivity index (χ2n) is 6.45. The van der Waals surface area contributed by atoms with E-state index in [0.717, 1.165) is 0 Å². The molecule has 3 aromatic rings. The van der Waals surface area contributed by atoms with E-state index in [9.17, 15) is 25.0 Å². The van der Waals surface area contributed by atoms with Gasteiger partial charge in [0.05, 0.1) is 21.3 Å². The number of hydrogen-bond acceptors (Lipinski definition) is 8. The van der Waals surface area contributed by atoms with Gasteiger partial charge in [-0.2, -0.15) is 0 Å². The van der Waals surface area contributed by atoms with Crippen LogP contribution in [0.25, 0.3) is 11.4 Å². The van der Waals surface area contributed by atoms with E-state index in [1.807, 2.05) is 6.92 Å². The van der Waals surface area contributed by atoms with Crippen molar-refractivity contribution in [2.45, 2.75) is 25.5 Å². The van der Waals surface area contributed by atoms with E-state index in [0.29, 0.717) is 34.3 Å². The molecule has 0 aliphatic carbocycles. The normalized spacial score (nSPS) is 10.6. The van der Waals surface area contributed by atoms with Crippen LogP contribution in [0.5, 0.6) is 0 Å². The Balaban J connectivity index is 1.71. The van der Waals surface area contributed by atoms with Crippen molar-refractivity contribution in [2.24, 2.45) is 0 Å². The number of hydrogen-bond donors (Lipinski definition) is 1. The molecule has 0 unspecified atom stereocenters. The third-order valence-electron chi connectivity index (χ3n) is 4.41. The number of nitro groups is 2. The number of carbonyl (C=O) groups is 1. The van der Waals surface area contributed by atoms with Crippen LogP contribution in [0.1, 0.15) is 12.5 Å². The molecule has 0 spiro atoms. The van der Waals surface area contributed by atoms with Gasteiger partial charge in [0.1, 0.15) is 0 Å². The standard InChI is InChI=1S/C19H18N6O5S/c1-3-23-18(13-5-8-14(9-6-13)24(27)28)21-22-19(23)31-11-17(26)20-16-10-15(25(29)30)7-4-12(16)2/h4-10H,3,11H2,1-2H3,(H,20,26). The second-order valence-corrected chi connectivity index (χ2v) is 7.39. The molecule has 31 heavy (non-hydrogen) atoms. The van der Waals surface area contributed by atoms with E-state index in [2.05, 4.69) is 15.5 Å². The number of thioether (sulfide) groups is 1. The average Bonchev–Trinajstić information content (AvgIpc) is 3.16. The third-order valence-corrected chi connectivity index (χ3v) is 5.37. The number of nitrogens with one attached hydrogen (secondary N) is 1. The van der Waals surface area contributed by atoms with Crippen LogP contribution < -0.4 is 5.32 Å². The molecular formula is C19H18N6O5S. The quantitative estimate of drug-likeness (QED) is 0.315. The zero-order chi connectivity index (χ0) is 22.5. The number of nitrogens with zero attached hydrogens (tertiary/aromatic N) is 5. The Bertz CT molecular complexity index is 1150. The highest BCUT2D eigenvalue weighted by Crippen LogP contribution is 2.26. The van der Waals surface area contributed by atoms with Crippen molar-refractivity contribution in [2.75, 3.05) is 11.1 Å². The summed E-state index contributed by atoms with van der Waals surface area (Å²) in [6.07, 6.45) is 0. The van der Waals surface area contributed by atoms with Crippen LogP contribution in [-0.2, 0) is 11.3 Å². The van der Waals surface area contributed by atoms with Crippen molar-refractivity contribution in [3.8, 4) is 11.4 Å². The summed E-state index contributed by atoms with van der Waals surface area (Å²) in [6.45, 7) is 4.18. The van der Waals surface area contributed by atoms with Gasteiger partial charge in [-0.25, -0.2) is 0 Å². The molecule has 0 saturated heterocycles. The summed E-state index contributed by atoms with van der Waals surface area (Å²) < 4.78 is 1.80. The summed E-state index contributed by atoms with van der Waals surface area (Å²) in [4.78, 5) is 33.1. The fraction of sp³-hybridized carbons (Fsp3) is 0.211. The van der Waals surface area contributed by atoms with Crippen LogP contribution in [-0.4, -0.2) is 36.3 Å². The first-order valence-corrected chi connectivity index (χ1v) is 10.1. The zero-order valence-corrected chi connectivity index (χ0v) is 17.5. The van der Waals surface area contributed by atoms with Gasteiger partial charge < -0.3 is 9.88 Å². The number of benzene rings is 2. The van der Waals surface area contributed by atoms with Crippen LogP contribution >= 0.6 is 11.8 Å². The monoisotopic (exact) mass is 442 g/mol. The molecule has 160 valence electrons. The van der Waals surface area contributed by atoms with E-state index in [-0.39, 0.29) is 23.0 Å². The first-order valence-electron chi connectivity index (χ1n) is 9.16. The molecule has 1 aromatic heterocycles. The van der Waals surface area contributed by atoms with Gasteiger partial charge in [0, 0.05) is 36.4 Å². The molecule has 0 aliphatic heterocycles. The van der Waals surface area contributed by atoms with Gasteiger partial charge in [0.15, 0.2) is 11.0 Å². The van der Waals surface area contributed by atoms with Crippen molar-refractivity contribution >= 4 is 34.7 Å². The van der Waals surface area contributed by atoms with Crippen molar-refractivity contribution in [1.82, 2.24) is 14.8 Å². The van der Waals surface area contributed by atoms with Gasteiger partial charge in [-0.3, -0.25) is 25.0 Å². The Kier molecular flexibility index (Phi) is 6.60. The maximum Gasteiger partial charge on any atom is 0.271 e. The molecule has 3 rings (SSSR count). The fourth-order valence-electron chi connectivity index (χ4n) is 2.80. The van der Waals surface area contributed by atoms with Crippen molar-refractivity contribution in [3.63, 3.8) is 0 Å². The number of carbonyl (C=O) groups excluding carboxylic acids is 1. The lowest BCUT2D eigenvalue weighted by molar-refractivity contribution is -0.385. The van der Waals surface area contributed by atoms with Gasteiger partial charge >= 0.3 is 0 Å². The molecule has 0 fully saturated rings. The maximum absolute atomic E-state index is 12.4. The zero-order valence-electron chi connectivity index (χ0n) is 16.6. The number of aryl methyl sites for hydroxylation is 1. The first kappa shape index (κ1) is 21.9. The van der Waals surface area contributed by atoms with Crippen molar-refractivity contribution in [1.29, 1.82) is 0 Å². The maximum atomic E-state index is 12.4. The summed E-state index contributed by atoms with van der Waals surface area (Å²) in [5, 5.41) is 33.2. The second kappa shape index (κ2) is 9.34. The molecule has 2 aromatic carbocycles. The number of aromatic nitrogens is 3.